The zero-order valence-electron chi connectivity index (χ0n) is 19.7. The number of nitrogens with zero attached hydrogens (tertiary/aromatic N) is 2. The molecule has 0 radical (unpaired) electrons. The fourth-order valence-electron chi connectivity index (χ4n) is 3.41. The van der Waals surface area contributed by atoms with E-state index in [1.54, 1.807) is 25.1 Å². The van der Waals surface area contributed by atoms with Crippen molar-refractivity contribution in [2.45, 2.75) is 45.8 Å². The Morgan fingerprint density at radius 3 is 2.14 bits per heavy atom. The number of nitrogens with one attached hydrogen (secondary N) is 1. The Hall–Kier alpha value is -1.71. The Morgan fingerprint density at radius 1 is 0.971 bits per heavy atom. The Labute approximate surface area is 226 Å². The molecule has 35 heavy (non-hydrogen) atoms. The van der Waals surface area contributed by atoms with Crippen LogP contribution >= 0.6 is 46.4 Å². The van der Waals surface area contributed by atoms with Gasteiger partial charge in [-0.2, -0.15) is 0 Å². The summed E-state index contributed by atoms with van der Waals surface area (Å²) < 4.78 is 26.2. The second-order valence-corrected chi connectivity index (χ2v) is 11.8. The lowest BCUT2D eigenvalue weighted by molar-refractivity contribution is -0.140. The molecule has 0 saturated heterocycles. The molecule has 2 aromatic carbocycles. The van der Waals surface area contributed by atoms with E-state index < -0.39 is 28.5 Å². The molecule has 0 bridgehead atoms. The van der Waals surface area contributed by atoms with Crippen LogP contribution < -0.4 is 9.62 Å². The van der Waals surface area contributed by atoms with E-state index in [9.17, 15) is 18.0 Å². The third-order valence-corrected chi connectivity index (χ3v) is 7.43. The maximum absolute atomic E-state index is 13.6. The van der Waals surface area contributed by atoms with Crippen LogP contribution in [0.3, 0.4) is 0 Å². The van der Waals surface area contributed by atoms with Crippen molar-refractivity contribution in [3.8, 4) is 0 Å². The van der Waals surface area contributed by atoms with Gasteiger partial charge in [0.15, 0.2) is 0 Å². The van der Waals surface area contributed by atoms with Gasteiger partial charge in [-0.3, -0.25) is 13.9 Å². The molecule has 7 nitrogen and oxygen atoms in total. The molecule has 0 saturated carbocycles. The van der Waals surface area contributed by atoms with Gasteiger partial charge in [-0.1, -0.05) is 59.4 Å². The van der Waals surface area contributed by atoms with Crippen LogP contribution in [-0.2, 0) is 26.2 Å². The van der Waals surface area contributed by atoms with Gasteiger partial charge in [-0.05, 0) is 56.2 Å². The highest BCUT2D eigenvalue weighted by Crippen LogP contribution is 2.31. The molecule has 1 N–H and O–H groups in total. The molecule has 0 heterocycles. The Morgan fingerprint density at radius 2 is 1.60 bits per heavy atom. The van der Waals surface area contributed by atoms with Crippen molar-refractivity contribution in [3.05, 3.63) is 62.1 Å². The molecule has 12 heteroatoms. The first kappa shape index (κ1) is 29.5. The van der Waals surface area contributed by atoms with Crippen LogP contribution in [-0.4, -0.2) is 50.0 Å². The fourth-order valence-corrected chi connectivity index (χ4v) is 5.02. The van der Waals surface area contributed by atoms with Crippen LogP contribution in [0.4, 0.5) is 5.69 Å². The highest BCUT2D eigenvalue weighted by Gasteiger charge is 2.32. The van der Waals surface area contributed by atoms with Gasteiger partial charge in [0.1, 0.15) is 12.6 Å². The summed E-state index contributed by atoms with van der Waals surface area (Å²) in [4.78, 5) is 27.9. The van der Waals surface area contributed by atoms with Gasteiger partial charge in [0.05, 0.1) is 27.0 Å². The Kier molecular flexibility index (Phi) is 10.5. The van der Waals surface area contributed by atoms with Gasteiger partial charge >= 0.3 is 0 Å². The Bertz CT molecular complexity index is 1190. The number of rotatable bonds is 10. The van der Waals surface area contributed by atoms with E-state index in [4.69, 9.17) is 46.4 Å². The van der Waals surface area contributed by atoms with Gasteiger partial charge < -0.3 is 10.2 Å². The van der Waals surface area contributed by atoms with E-state index >= 15 is 0 Å². The van der Waals surface area contributed by atoms with Crippen molar-refractivity contribution in [1.29, 1.82) is 0 Å². The molecule has 0 aliphatic heterocycles. The third-order valence-electron chi connectivity index (χ3n) is 5.01. The quantitative estimate of drug-likeness (QED) is 0.406. The zero-order chi connectivity index (χ0) is 26.5. The predicted octanol–water partition coefficient (Wildman–Crippen LogP) is 5.40. The Balaban J connectivity index is 2.51. The monoisotopic (exact) mass is 581 g/mol. The number of hydrogen-bond donors (Lipinski definition) is 1. The van der Waals surface area contributed by atoms with Crippen molar-refractivity contribution in [1.82, 2.24) is 10.2 Å². The number of carbonyl (C=O) groups is 2. The van der Waals surface area contributed by atoms with Crippen molar-refractivity contribution in [3.63, 3.8) is 0 Å². The predicted molar refractivity (Wildman–Crippen MR) is 143 cm³/mol. The largest absolute Gasteiger partial charge is 0.352 e. The highest BCUT2D eigenvalue weighted by atomic mass is 35.5. The average Bonchev–Trinajstić information content (AvgIpc) is 2.74. The number of carbonyl (C=O) groups excluding carboxylic acids is 2. The molecule has 0 aliphatic carbocycles. The minimum absolute atomic E-state index is 0.000619. The van der Waals surface area contributed by atoms with Crippen LogP contribution in [0, 0.1) is 0 Å². The number of anilines is 1. The molecule has 0 aliphatic rings. The van der Waals surface area contributed by atoms with Gasteiger partial charge in [0.2, 0.25) is 21.8 Å². The van der Waals surface area contributed by atoms with Crippen LogP contribution in [0.15, 0.2) is 36.4 Å². The first-order valence-electron chi connectivity index (χ1n) is 10.7. The van der Waals surface area contributed by atoms with Crippen LogP contribution in [0.2, 0.25) is 20.1 Å². The molecule has 2 rings (SSSR count). The summed E-state index contributed by atoms with van der Waals surface area (Å²) in [5.41, 5.74) is 0.680. The topological polar surface area (TPSA) is 86.8 Å². The van der Waals surface area contributed by atoms with Crippen LogP contribution in [0.5, 0.6) is 0 Å². The first-order chi connectivity index (χ1) is 16.2. The van der Waals surface area contributed by atoms with E-state index in [-0.39, 0.29) is 34.2 Å². The second-order valence-electron chi connectivity index (χ2n) is 8.22. The van der Waals surface area contributed by atoms with Crippen molar-refractivity contribution >= 4 is 73.9 Å². The number of halogens is 4. The zero-order valence-corrected chi connectivity index (χ0v) is 23.5. The van der Waals surface area contributed by atoms with E-state index in [2.05, 4.69) is 5.32 Å². The molecule has 2 aromatic rings. The molecule has 192 valence electrons. The number of amides is 2. The second kappa shape index (κ2) is 12.5. The highest BCUT2D eigenvalue weighted by molar-refractivity contribution is 7.92. The molecule has 0 spiro atoms. The molecule has 0 unspecified atom stereocenters. The lowest BCUT2D eigenvalue weighted by Crippen LogP contribution is -2.53. The minimum atomic E-state index is -3.94. The standard InChI is InChI=1S/C23H27Cl4N3O4S/c1-5-20(23(32)28-14(2)3)29(12-15-6-8-17(25)19(27)10-15)22(31)13-30(35(4,33)34)21-11-16(24)7-9-18(21)26/h6-11,14,20H,5,12-13H2,1-4H3,(H,28,32)/t20-/m0/s1. The lowest BCUT2D eigenvalue weighted by Gasteiger charge is -2.33. The van der Waals surface area contributed by atoms with Gasteiger partial charge in [-0.15, -0.1) is 0 Å². The van der Waals surface area contributed by atoms with Crippen molar-refractivity contribution in [2.24, 2.45) is 0 Å². The van der Waals surface area contributed by atoms with E-state index in [1.807, 2.05) is 13.8 Å². The van der Waals surface area contributed by atoms with Gasteiger partial charge in [0.25, 0.3) is 0 Å². The summed E-state index contributed by atoms with van der Waals surface area (Å²) in [5, 5.41) is 3.81. The lowest BCUT2D eigenvalue weighted by atomic mass is 10.1. The SMILES string of the molecule is CC[C@@H](C(=O)NC(C)C)N(Cc1ccc(Cl)c(Cl)c1)C(=O)CN(c1cc(Cl)ccc1Cl)S(C)(=O)=O. The van der Waals surface area contributed by atoms with Crippen LogP contribution in [0.25, 0.3) is 0 Å². The normalized spacial score (nSPS) is 12.4. The third kappa shape index (κ3) is 8.15. The summed E-state index contributed by atoms with van der Waals surface area (Å²) in [5.74, 6) is -0.967. The summed E-state index contributed by atoms with van der Waals surface area (Å²) in [7, 11) is -3.94. The maximum Gasteiger partial charge on any atom is 0.244 e. The minimum Gasteiger partial charge on any atom is -0.352 e. The number of hydrogen-bond acceptors (Lipinski definition) is 4. The van der Waals surface area contributed by atoms with E-state index in [1.165, 1.54) is 23.1 Å². The van der Waals surface area contributed by atoms with Crippen molar-refractivity contribution in [2.75, 3.05) is 17.1 Å². The average molecular weight is 583 g/mol. The summed E-state index contributed by atoms with van der Waals surface area (Å²) >= 11 is 24.5. The van der Waals surface area contributed by atoms with E-state index in [0.717, 1.165) is 10.6 Å². The molecular weight excluding hydrogens is 556 g/mol. The van der Waals surface area contributed by atoms with E-state index in [0.29, 0.717) is 22.0 Å². The summed E-state index contributed by atoms with van der Waals surface area (Å²) in [6, 6.07) is 8.17. The maximum atomic E-state index is 13.6. The molecule has 0 fully saturated rings. The van der Waals surface area contributed by atoms with Crippen LogP contribution in [0.1, 0.15) is 32.8 Å². The fraction of sp³-hybridized carbons (Fsp3) is 0.391. The molecule has 2 amide bonds. The molecule has 1 atom stereocenters. The summed E-state index contributed by atoms with van der Waals surface area (Å²) in [6.07, 6.45) is 1.26. The summed E-state index contributed by atoms with van der Waals surface area (Å²) in [6.45, 7) is 4.79. The smallest absolute Gasteiger partial charge is 0.244 e. The van der Waals surface area contributed by atoms with Crippen molar-refractivity contribution < 1.29 is 18.0 Å². The van der Waals surface area contributed by atoms with Gasteiger partial charge in [-0.25, -0.2) is 8.42 Å². The number of benzene rings is 2. The molecule has 0 aromatic heterocycles. The molecular formula is C23H27Cl4N3O4S. The first-order valence-corrected chi connectivity index (χ1v) is 14.1. The number of sulfonamides is 1. The van der Waals surface area contributed by atoms with Gasteiger partial charge in [0, 0.05) is 17.6 Å².